The molecular weight excluding hydrogens is 220 g/mol. The maximum Gasteiger partial charge on any atom is 0.163 e. The number of hydrogen-bond acceptors (Lipinski definition) is 1. The summed E-state index contributed by atoms with van der Waals surface area (Å²) in [5, 5.41) is 0. The normalized spacial score (nSPS) is 10.8. The van der Waals surface area contributed by atoms with Crippen molar-refractivity contribution in [3.8, 4) is 0 Å². The Kier molecular flexibility index (Phi) is 7.40. The Morgan fingerprint density at radius 1 is 1.00 bits per heavy atom. The van der Waals surface area contributed by atoms with E-state index in [0.29, 0.717) is 11.7 Å². The monoisotopic (exact) mass is 246 g/mol. The molecule has 1 heteroatoms. The summed E-state index contributed by atoms with van der Waals surface area (Å²) in [5.41, 5.74) is 0.871. The first-order chi connectivity index (χ1) is 8.77. The molecule has 0 radical (unpaired) electrons. The number of carbonyl (C=O) groups is 1. The summed E-state index contributed by atoms with van der Waals surface area (Å²) in [6.07, 6.45) is 8.07. The Morgan fingerprint density at radius 2 is 1.56 bits per heavy atom. The fourth-order valence-electron chi connectivity index (χ4n) is 2.34. The van der Waals surface area contributed by atoms with Gasteiger partial charge >= 0.3 is 0 Å². The molecule has 1 aromatic rings. The maximum atomic E-state index is 12.2. The minimum absolute atomic E-state index is 0.313. The van der Waals surface area contributed by atoms with E-state index in [-0.39, 0.29) is 0 Å². The molecule has 18 heavy (non-hydrogen) atoms. The Morgan fingerprint density at radius 3 is 2.06 bits per heavy atom. The van der Waals surface area contributed by atoms with Gasteiger partial charge in [0, 0.05) is 12.0 Å². The molecule has 0 aliphatic heterocycles. The van der Waals surface area contributed by atoms with Crippen LogP contribution >= 0.6 is 0 Å². The van der Waals surface area contributed by atoms with Crippen LogP contribution < -0.4 is 0 Å². The zero-order valence-corrected chi connectivity index (χ0v) is 11.8. The Hall–Kier alpha value is -1.11. The van der Waals surface area contributed by atoms with Crippen molar-refractivity contribution in [1.29, 1.82) is 0 Å². The molecule has 0 fully saturated rings. The summed E-state index contributed by atoms with van der Waals surface area (Å²) in [4.78, 5) is 12.2. The molecule has 0 saturated carbocycles. The van der Waals surface area contributed by atoms with Gasteiger partial charge in [-0.2, -0.15) is 0 Å². The molecule has 0 aliphatic carbocycles. The first-order valence-corrected chi connectivity index (χ1v) is 7.36. The number of ketones is 1. The predicted molar refractivity (Wildman–Crippen MR) is 77.9 cm³/mol. The molecule has 0 amide bonds. The van der Waals surface area contributed by atoms with Gasteiger partial charge in [-0.3, -0.25) is 4.79 Å². The predicted octanol–water partition coefficient (Wildman–Crippen LogP) is 5.26. The molecule has 100 valence electrons. The fourth-order valence-corrected chi connectivity index (χ4v) is 2.34. The van der Waals surface area contributed by atoms with E-state index in [1.165, 1.54) is 38.5 Å². The number of Topliss-reactive ketones (excluding diaryl/α,β-unsaturated/α-hetero) is 1. The van der Waals surface area contributed by atoms with E-state index in [1.54, 1.807) is 0 Å². The lowest BCUT2D eigenvalue weighted by atomic mass is 9.89. The van der Waals surface area contributed by atoms with Crippen LogP contribution in [0.1, 0.15) is 69.2 Å². The highest BCUT2D eigenvalue weighted by Gasteiger charge is 2.14. The van der Waals surface area contributed by atoms with Crippen molar-refractivity contribution >= 4 is 5.78 Å². The molecule has 0 N–H and O–H groups in total. The van der Waals surface area contributed by atoms with Gasteiger partial charge in [0.15, 0.2) is 5.78 Å². The van der Waals surface area contributed by atoms with Crippen molar-refractivity contribution in [3.05, 3.63) is 35.9 Å². The molecule has 0 bridgehead atoms. The van der Waals surface area contributed by atoms with Crippen LogP contribution in [0, 0.1) is 5.92 Å². The topological polar surface area (TPSA) is 17.1 Å². The van der Waals surface area contributed by atoms with Gasteiger partial charge in [-0.05, 0) is 5.92 Å². The molecule has 0 saturated heterocycles. The zero-order valence-electron chi connectivity index (χ0n) is 11.8. The quantitative estimate of drug-likeness (QED) is 0.543. The van der Waals surface area contributed by atoms with E-state index in [9.17, 15) is 4.79 Å². The highest BCUT2D eigenvalue weighted by atomic mass is 16.1. The highest BCUT2D eigenvalue weighted by molar-refractivity contribution is 5.96. The minimum Gasteiger partial charge on any atom is -0.294 e. The Labute approximate surface area is 112 Å². The molecular formula is C17H26O. The summed E-state index contributed by atoms with van der Waals surface area (Å²) >= 11 is 0. The van der Waals surface area contributed by atoms with Crippen molar-refractivity contribution in [2.45, 2.75) is 58.8 Å². The van der Waals surface area contributed by atoms with Crippen molar-refractivity contribution < 1.29 is 4.79 Å². The first-order valence-electron chi connectivity index (χ1n) is 7.36. The maximum absolute atomic E-state index is 12.2. The largest absolute Gasteiger partial charge is 0.294 e. The standard InChI is InChI=1S/C17H26O/c1-3-5-10-15(11-6-4-2)14-17(18)16-12-8-7-9-13-16/h7-9,12-13,15H,3-6,10-11,14H2,1-2H3. The summed E-state index contributed by atoms with van der Waals surface area (Å²) < 4.78 is 0. The van der Waals surface area contributed by atoms with Crippen LogP contribution in [0.25, 0.3) is 0 Å². The van der Waals surface area contributed by atoms with E-state index in [2.05, 4.69) is 13.8 Å². The number of benzene rings is 1. The van der Waals surface area contributed by atoms with Gasteiger partial charge in [0.05, 0.1) is 0 Å². The van der Waals surface area contributed by atoms with E-state index in [0.717, 1.165) is 12.0 Å². The van der Waals surface area contributed by atoms with Gasteiger partial charge < -0.3 is 0 Å². The smallest absolute Gasteiger partial charge is 0.163 e. The second kappa shape index (κ2) is 8.91. The SMILES string of the molecule is CCCCC(CCCC)CC(=O)c1ccccc1. The minimum atomic E-state index is 0.313. The van der Waals surface area contributed by atoms with Crippen molar-refractivity contribution in [3.63, 3.8) is 0 Å². The van der Waals surface area contributed by atoms with Crippen LogP contribution in [0.5, 0.6) is 0 Å². The fraction of sp³-hybridized carbons (Fsp3) is 0.588. The molecule has 1 nitrogen and oxygen atoms in total. The molecule has 0 unspecified atom stereocenters. The zero-order chi connectivity index (χ0) is 13.2. The van der Waals surface area contributed by atoms with E-state index in [1.807, 2.05) is 30.3 Å². The summed E-state index contributed by atoms with van der Waals surface area (Å²) in [7, 11) is 0. The average Bonchev–Trinajstić information content (AvgIpc) is 2.42. The lowest BCUT2D eigenvalue weighted by Gasteiger charge is -2.15. The summed E-state index contributed by atoms with van der Waals surface area (Å²) in [6, 6.07) is 9.71. The van der Waals surface area contributed by atoms with Gasteiger partial charge in [-0.1, -0.05) is 82.7 Å². The highest BCUT2D eigenvalue weighted by Crippen LogP contribution is 2.21. The second-order valence-electron chi connectivity index (χ2n) is 5.14. The van der Waals surface area contributed by atoms with Crippen molar-refractivity contribution in [2.75, 3.05) is 0 Å². The van der Waals surface area contributed by atoms with Crippen LogP contribution in [-0.2, 0) is 0 Å². The van der Waals surface area contributed by atoms with E-state index >= 15 is 0 Å². The molecule has 0 aromatic heterocycles. The third-order valence-corrected chi connectivity index (χ3v) is 3.50. The molecule has 1 rings (SSSR count). The number of hydrogen-bond donors (Lipinski definition) is 0. The second-order valence-corrected chi connectivity index (χ2v) is 5.14. The first kappa shape index (κ1) is 14.9. The third-order valence-electron chi connectivity index (χ3n) is 3.50. The third kappa shape index (κ3) is 5.48. The van der Waals surface area contributed by atoms with Crippen molar-refractivity contribution in [1.82, 2.24) is 0 Å². The van der Waals surface area contributed by atoms with Crippen molar-refractivity contribution in [2.24, 2.45) is 5.92 Å². The summed E-state index contributed by atoms with van der Waals surface area (Å²) in [6.45, 7) is 4.44. The van der Waals surface area contributed by atoms with Crippen LogP contribution in [0.4, 0.5) is 0 Å². The average molecular weight is 246 g/mol. The van der Waals surface area contributed by atoms with Crippen LogP contribution in [0.3, 0.4) is 0 Å². The number of carbonyl (C=O) groups excluding carboxylic acids is 1. The summed E-state index contributed by atoms with van der Waals surface area (Å²) in [5.74, 6) is 0.894. The van der Waals surface area contributed by atoms with Crippen LogP contribution in [-0.4, -0.2) is 5.78 Å². The van der Waals surface area contributed by atoms with Gasteiger partial charge in [0.25, 0.3) is 0 Å². The Balaban J connectivity index is 2.50. The van der Waals surface area contributed by atoms with E-state index < -0.39 is 0 Å². The molecule has 0 atom stereocenters. The number of unbranched alkanes of at least 4 members (excludes halogenated alkanes) is 2. The molecule has 0 aliphatic rings. The molecule has 1 aromatic carbocycles. The van der Waals surface area contributed by atoms with Gasteiger partial charge in [0.1, 0.15) is 0 Å². The lowest BCUT2D eigenvalue weighted by molar-refractivity contribution is 0.0955. The van der Waals surface area contributed by atoms with Gasteiger partial charge in [0.2, 0.25) is 0 Å². The van der Waals surface area contributed by atoms with E-state index in [4.69, 9.17) is 0 Å². The molecule has 0 spiro atoms. The van der Waals surface area contributed by atoms with Gasteiger partial charge in [-0.15, -0.1) is 0 Å². The van der Waals surface area contributed by atoms with Crippen LogP contribution in [0.2, 0.25) is 0 Å². The lowest BCUT2D eigenvalue weighted by Crippen LogP contribution is -2.09. The van der Waals surface area contributed by atoms with Gasteiger partial charge in [-0.25, -0.2) is 0 Å². The number of rotatable bonds is 9. The molecule has 0 heterocycles. The van der Waals surface area contributed by atoms with Crippen LogP contribution in [0.15, 0.2) is 30.3 Å². The Bertz CT molecular complexity index is 321.